The Kier molecular flexibility index (Phi) is 3.69. The highest BCUT2D eigenvalue weighted by Gasteiger charge is 2.30. The molecule has 0 aromatic carbocycles. The molecule has 0 rings (SSSR count). The summed E-state index contributed by atoms with van der Waals surface area (Å²) < 4.78 is 4.69. The average Bonchev–Trinajstić information content (AvgIpc) is 1.83. The zero-order valence-corrected chi connectivity index (χ0v) is 6.74. The summed E-state index contributed by atoms with van der Waals surface area (Å²) in [5, 5.41) is 16.8. The Morgan fingerprint density at radius 3 is 1.83 bits per heavy atom. The van der Waals surface area contributed by atoms with Crippen molar-refractivity contribution in [3.05, 3.63) is 6.92 Å². The molecule has 69 valence electrons. The summed E-state index contributed by atoms with van der Waals surface area (Å²) in [6.07, 6.45) is -0.842. The Balaban J connectivity index is 4.23. The van der Waals surface area contributed by atoms with Crippen LogP contribution in [0.3, 0.4) is 0 Å². The van der Waals surface area contributed by atoms with Crippen molar-refractivity contribution >= 4 is 11.9 Å². The van der Waals surface area contributed by atoms with Gasteiger partial charge in [-0.15, -0.1) is 0 Å². The molecule has 0 aliphatic carbocycles. The fourth-order valence-corrected chi connectivity index (χ4v) is 0.758. The molecule has 5 heteroatoms. The third-order valence-electron chi connectivity index (χ3n) is 1.38. The number of hydrogen-bond acceptors (Lipinski definition) is 3. The number of rotatable bonds is 5. The van der Waals surface area contributed by atoms with E-state index in [1.165, 1.54) is 7.11 Å². The Labute approximate surface area is 70.0 Å². The van der Waals surface area contributed by atoms with Crippen LogP contribution < -0.4 is 0 Å². The van der Waals surface area contributed by atoms with Crippen LogP contribution in [0.1, 0.15) is 12.8 Å². The lowest BCUT2D eigenvalue weighted by Gasteiger charge is -2.23. The smallest absolute Gasteiger partial charge is 0.306 e. The van der Waals surface area contributed by atoms with Crippen LogP contribution >= 0.6 is 0 Å². The van der Waals surface area contributed by atoms with Gasteiger partial charge in [0.25, 0.3) is 0 Å². The van der Waals surface area contributed by atoms with E-state index in [-0.39, 0.29) is 0 Å². The monoisotopic (exact) mass is 175 g/mol. The van der Waals surface area contributed by atoms with E-state index >= 15 is 0 Å². The Hall–Kier alpha value is -1.10. The van der Waals surface area contributed by atoms with E-state index in [9.17, 15) is 9.59 Å². The van der Waals surface area contributed by atoms with E-state index in [1.807, 2.05) is 0 Å². The molecule has 5 nitrogen and oxygen atoms in total. The van der Waals surface area contributed by atoms with E-state index in [0.29, 0.717) is 0 Å². The predicted molar refractivity (Wildman–Crippen MR) is 39.6 cm³/mol. The van der Waals surface area contributed by atoms with Crippen LogP contribution in [-0.2, 0) is 14.3 Å². The number of hydrogen-bond donors (Lipinski definition) is 2. The minimum absolute atomic E-state index is 0.421. The van der Waals surface area contributed by atoms with Crippen LogP contribution in [-0.4, -0.2) is 34.9 Å². The first-order valence-corrected chi connectivity index (χ1v) is 3.24. The van der Waals surface area contributed by atoms with Crippen molar-refractivity contribution in [2.24, 2.45) is 0 Å². The first kappa shape index (κ1) is 10.9. The molecule has 12 heavy (non-hydrogen) atoms. The molecule has 1 radical (unpaired) electrons. The van der Waals surface area contributed by atoms with E-state index in [1.54, 1.807) is 0 Å². The lowest BCUT2D eigenvalue weighted by molar-refractivity contribution is -0.147. The molecule has 0 aromatic heterocycles. The largest absolute Gasteiger partial charge is 0.481 e. The zero-order chi connectivity index (χ0) is 9.78. The minimum Gasteiger partial charge on any atom is -0.481 e. The van der Waals surface area contributed by atoms with Gasteiger partial charge in [-0.05, 0) is 6.92 Å². The quantitative estimate of drug-likeness (QED) is 0.621. The molecule has 0 heterocycles. The van der Waals surface area contributed by atoms with E-state index < -0.39 is 30.4 Å². The van der Waals surface area contributed by atoms with Crippen molar-refractivity contribution < 1.29 is 24.5 Å². The normalized spacial score (nSPS) is 11.2. The van der Waals surface area contributed by atoms with Crippen molar-refractivity contribution in [1.82, 2.24) is 0 Å². The van der Waals surface area contributed by atoms with Gasteiger partial charge in [0.2, 0.25) is 0 Å². The maximum atomic E-state index is 10.2. The summed E-state index contributed by atoms with van der Waals surface area (Å²) in [5.41, 5.74) is -1.36. The standard InChI is InChI=1S/C7H11O5/c1-7(12-2,3-5(8)9)4-6(10)11/h1,3-4H2,2H3,(H,8,9)(H,10,11). The Morgan fingerprint density at radius 2 is 1.67 bits per heavy atom. The highest BCUT2D eigenvalue weighted by Crippen LogP contribution is 2.18. The van der Waals surface area contributed by atoms with Gasteiger partial charge in [0.1, 0.15) is 0 Å². The Morgan fingerprint density at radius 1 is 1.33 bits per heavy atom. The molecule has 0 bridgehead atoms. The molecule has 0 spiro atoms. The van der Waals surface area contributed by atoms with Gasteiger partial charge in [-0.25, -0.2) is 0 Å². The molecule has 0 unspecified atom stereocenters. The van der Waals surface area contributed by atoms with Gasteiger partial charge in [0.15, 0.2) is 0 Å². The lowest BCUT2D eigenvalue weighted by atomic mass is 9.98. The number of methoxy groups -OCH3 is 1. The van der Waals surface area contributed by atoms with Crippen LogP contribution in [0.25, 0.3) is 0 Å². The van der Waals surface area contributed by atoms with Crippen LogP contribution in [0, 0.1) is 6.92 Å². The van der Waals surface area contributed by atoms with E-state index in [2.05, 4.69) is 11.7 Å². The van der Waals surface area contributed by atoms with E-state index in [4.69, 9.17) is 10.2 Å². The minimum atomic E-state index is -1.36. The zero-order valence-electron chi connectivity index (χ0n) is 6.74. The lowest BCUT2D eigenvalue weighted by Crippen LogP contribution is -2.33. The molecule has 0 atom stereocenters. The summed E-state index contributed by atoms with van der Waals surface area (Å²) in [7, 11) is 1.24. The van der Waals surface area contributed by atoms with Crippen molar-refractivity contribution in [1.29, 1.82) is 0 Å². The fraction of sp³-hybridized carbons (Fsp3) is 0.571. The van der Waals surface area contributed by atoms with Crippen LogP contribution in [0.5, 0.6) is 0 Å². The first-order chi connectivity index (χ1) is 5.39. The van der Waals surface area contributed by atoms with Crippen LogP contribution in [0.2, 0.25) is 0 Å². The van der Waals surface area contributed by atoms with Crippen molar-refractivity contribution in [3.8, 4) is 0 Å². The van der Waals surface area contributed by atoms with Gasteiger partial charge in [0.05, 0.1) is 18.4 Å². The van der Waals surface area contributed by atoms with Gasteiger partial charge in [-0.2, -0.15) is 0 Å². The number of carbonyl (C=O) groups is 2. The maximum absolute atomic E-state index is 10.2. The van der Waals surface area contributed by atoms with Gasteiger partial charge in [0, 0.05) is 7.11 Å². The van der Waals surface area contributed by atoms with Gasteiger partial charge in [-0.3, -0.25) is 9.59 Å². The molecule has 0 saturated carbocycles. The Bertz CT molecular complexity index is 170. The predicted octanol–water partition coefficient (Wildman–Crippen LogP) is 0.155. The number of carboxylic acid groups (broad SMARTS) is 2. The van der Waals surface area contributed by atoms with Gasteiger partial charge < -0.3 is 14.9 Å². The summed E-state index contributed by atoms with van der Waals surface area (Å²) in [4.78, 5) is 20.5. The molecule has 0 aliphatic rings. The molecule has 0 aromatic rings. The fourth-order valence-electron chi connectivity index (χ4n) is 0.758. The van der Waals surface area contributed by atoms with Crippen LogP contribution in [0.15, 0.2) is 0 Å². The highest BCUT2D eigenvalue weighted by atomic mass is 16.5. The first-order valence-electron chi connectivity index (χ1n) is 3.24. The maximum Gasteiger partial charge on any atom is 0.306 e. The number of carboxylic acids is 2. The van der Waals surface area contributed by atoms with Crippen molar-refractivity contribution in [3.63, 3.8) is 0 Å². The number of ether oxygens (including phenoxy) is 1. The molecule has 0 aliphatic heterocycles. The van der Waals surface area contributed by atoms with Gasteiger partial charge in [-0.1, -0.05) is 0 Å². The summed E-state index contributed by atoms with van der Waals surface area (Å²) in [6, 6.07) is 0. The third kappa shape index (κ3) is 3.92. The highest BCUT2D eigenvalue weighted by molar-refractivity contribution is 5.72. The summed E-state index contributed by atoms with van der Waals surface area (Å²) >= 11 is 0. The molecule has 0 saturated heterocycles. The second kappa shape index (κ2) is 4.06. The second-order valence-corrected chi connectivity index (χ2v) is 2.53. The third-order valence-corrected chi connectivity index (χ3v) is 1.38. The second-order valence-electron chi connectivity index (χ2n) is 2.53. The molecule has 0 amide bonds. The average molecular weight is 175 g/mol. The van der Waals surface area contributed by atoms with Crippen molar-refractivity contribution in [2.45, 2.75) is 18.4 Å². The SMILES string of the molecule is [CH2]C(CC(=O)O)(CC(=O)O)OC. The summed E-state index contributed by atoms with van der Waals surface area (Å²) in [6.45, 7) is 3.38. The topological polar surface area (TPSA) is 83.8 Å². The van der Waals surface area contributed by atoms with E-state index in [0.717, 1.165) is 0 Å². The molecular weight excluding hydrogens is 164 g/mol. The van der Waals surface area contributed by atoms with Crippen molar-refractivity contribution in [2.75, 3.05) is 7.11 Å². The van der Waals surface area contributed by atoms with Crippen LogP contribution in [0.4, 0.5) is 0 Å². The molecular formula is C7H11O5. The number of aliphatic carboxylic acids is 2. The molecule has 0 fully saturated rings. The molecule has 2 N–H and O–H groups in total. The van der Waals surface area contributed by atoms with Gasteiger partial charge >= 0.3 is 11.9 Å². The summed E-state index contributed by atoms with van der Waals surface area (Å²) in [5.74, 6) is -2.26.